The zero-order chi connectivity index (χ0) is 21.3. The summed E-state index contributed by atoms with van der Waals surface area (Å²) in [4.78, 5) is 33.6. The van der Waals surface area contributed by atoms with Gasteiger partial charge in [-0.05, 0) is 26.2 Å². The first-order valence-corrected chi connectivity index (χ1v) is 9.74. The highest BCUT2D eigenvalue weighted by atomic mass is 16.6. The zero-order valence-electron chi connectivity index (χ0n) is 16.9. The van der Waals surface area contributed by atoms with E-state index < -0.39 is 4.92 Å². The normalized spacial score (nSPS) is 14.5. The number of furan rings is 1. The Hall–Kier alpha value is -3.46. The summed E-state index contributed by atoms with van der Waals surface area (Å²) in [7, 11) is 3.93. The molecule has 1 aliphatic heterocycles. The SMILES string of the molecule is CN(C)Cc1c(C(=O)N2CCN(c3ccc([N+](=O)[O-])cn3)CC2)oc2ccccc12. The Morgan fingerprint density at radius 2 is 1.90 bits per heavy atom. The van der Waals surface area contributed by atoms with E-state index in [0.717, 1.165) is 10.9 Å². The summed E-state index contributed by atoms with van der Waals surface area (Å²) < 4.78 is 5.95. The number of benzene rings is 1. The van der Waals surface area contributed by atoms with E-state index in [1.807, 2.05) is 48.2 Å². The summed E-state index contributed by atoms with van der Waals surface area (Å²) in [5.74, 6) is 0.955. The monoisotopic (exact) mass is 409 g/mol. The van der Waals surface area contributed by atoms with Crippen LogP contribution in [0.3, 0.4) is 0 Å². The third-order valence-corrected chi connectivity index (χ3v) is 5.20. The molecule has 1 aromatic carbocycles. The molecule has 1 amide bonds. The van der Waals surface area contributed by atoms with Gasteiger partial charge in [0.15, 0.2) is 5.76 Å². The standard InChI is InChI=1S/C21H23N5O4/c1-23(2)14-17-16-5-3-4-6-18(16)30-20(17)21(27)25-11-9-24(10-12-25)19-8-7-15(13-22-19)26(28)29/h3-8,13H,9-12,14H2,1-2H3. The quantitative estimate of drug-likeness (QED) is 0.472. The highest BCUT2D eigenvalue weighted by molar-refractivity contribution is 5.99. The fourth-order valence-corrected chi connectivity index (χ4v) is 3.70. The van der Waals surface area contributed by atoms with E-state index in [0.29, 0.717) is 49.9 Å². The van der Waals surface area contributed by atoms with Crippen molar-refractivity contribution < 1.29 is 14.1 Å². The Balaban J connectivity index is 1.50. The molecule has 0 aliphatic carbocycles. The van der Waals surface area contributed by atoms with Crippen LogP contribution >= 0.6 is 0 Å². The molecular weight excluding hydrogens is 386 g/mol. The summed E-state index contributed by atoms with van der Waals surface area (Å²) in [6.45, 7) is 2.86. The highest BCUT2D eigenvalue weighted by Crippen LogP contribution is 2.28. The third kappa shape index (κ3) is 3.84. The maximum Gasteiger partial charge on any atom is 0.290 e. The number of aromatic nitrogens is 1. The minimum atomic E-state index is -0.466. The van der Waals surface area contributed by atoms with E-state index in [9.17, 15) is 14.9 Å². The molecule has 1 aliphatic rings. The molecule has 0 unspecified atom stereocenters. The summed E-state index contributed by atoms with van der Waals surface area (Å²) in [5, 5.41) is 11.8. The lowest BCUT2D eigenvalue weighted by atomic mass is 10.1. The number of hydrogen-bond donors (Lipinski definition) is 0. The molecule has 30 heavy (non-hydrogen) atoms. The number of piperazine rings is 1. The van der Waals surface area contributed by atoms with Gasteiger partial charge in [0.1, 0.15) is 17.6 Å². The van der Waals surface area contributed by atoms with E-state index in [1.165, 1.54) is 12.3 Å². The molecule has 3 heterocycles. The number of carbonyl (C=O) groups excluding carboxylic acids is 1. The fourth-order valence-electron chi connectivity index (χ4n) is 3.70. The van der Waals surface area contributed by atoms with Crippen molar-refractivity contribution in [1.29, 1.82) is 0 Å². The van der Waals surface area contributed by atoms with Gasteiger partial charge in [-0.3, -0.25) is 14.9 Å². The highest BCUT2D eigenvalue weighted by Gasteiger charge is 2.28. The molecule has 156 valence electrons. The van der Waals surface area contributed by atoms with E-state index in [1.54, 1.807) is 11.0 Å². The van der Waals surface area contributed by atoms with E-state index in [-0.39, 0.29) is 11.6 Å². The average Bonchev–Trinajstić information content (AvgIpc) is 3.11. The molecule has 4 rings (SSSR count). The predicted molar refractivity (Wildman–Crippen MR) is 113 cm³/mol. The van der Waals surface area contributed by atoms with Crippen LogP contribution in [0.1, 0.15) is 16.1 Å². The summed E-state index contributed by atoms with van der Waals surface area (Å²) in [5.41, 5.74) is 1.58. The lowest BCUT2D eigenvalue weighted by Gasteiger charge is -2.35. The molecule has 1 saturated heterocycles. The van der Waals surface area contributed by atoms with Gasteiger partial charge in [0.25, 0.3) is 11.6 Å². The van der Waals surface area contributed by atoms with Gasteiger partial charge in [0.2, 0.25) is 0 Å². The van der Waals surface area contributed by atoms with Gasteiger partial charge in [-0.25, -0.2) is 4.98 Å². The molecule has 3 aromatic rings. The summed E-state index contributed by atoms with van der Waals surface area (Å²) in [6, 6.07) is 10.8. The molecule has 9 heteroatoms. The van der Waals surface area contributed by atoms with E-state index in [2.05, 4.69) is 4.98 Å². The number of fused-ring (bicyclic) bond motifs is 1. The summed E-state index contributed by atoms with van der Waals surface area (Å²) >= 11 is 0. The first-order chi connectivity index (χ1) is 14.4. The van der Waals surface area contributed by atoms with Crippen LogP contribution in [0.5, 0.6) is 0 Å². The van der Waals surface area contributed by atoms with Crippen molar-refractivity contribution in [2.45, 2.75) is 6.54 Å². The molecule has 0 saturated carbocycles. The number of hydrogen-bond acceptors (Lipinski definition) is 7. The van der Waals surface area contributed by atoms with Gasteiger partial charge < -0.3 is 19.1 Å². The van der Waals surface area contributed by atoms with Crippen LogP contribution in [-0.2, 0) is 6.54 Å². The first-order valence-electron chi connectivity index (χ1n) is 9.74. The van der Waals surface area contributed by atoms with Gasteiger partial charge in [-0.15, -0.1) is 0 Å². The van der Waals surface area contributed by atoms with Crippen molar-refractivity contribution in [1.82, 2.24) is 14.8 Å². The van der Waals surface area contributed by atoms with Gasteiger partial charge in [0, 0.05) is 49.7 Å². The number of rotatable bonds is 5. The van der Waals surface area contributed by atoms with Gasteiger partial charge in [-0.2, -0.15) is 0 Å². The maximum absolute atomic E-state index is 13.2. The predicted octanol–water partition coefficient (Wildman–Crippen LogP) is 2.76. The number of amides is 1. The molecule has 0 atom stereocenters. The number of para-hydroxylation sites is 1. The molecule has 1 fully saturated rings. The van der Waals surface area contributed by atoms with Crippen LogP contribution in [-0.4, -0.2) is 65.9 Å². The van der Waals surface area contributed by atoms with Gasteiger partial charge in [0.05, 0.1) is 4.92 Å². The van der Waals surface area contributed by atoms with E-state index in [4.69, 9.17) is 4.42 Å². The van der Waals surface area contributed by atoms with Crippen LogP contribution in [0.15, 0.2) is 47.0 Å². The Labute approximate surface area is 173 Å². The first kappa shape index (κ1) is 19.8. The van der Waals surface area contributed by atoms with Gasteiger partial charge >= 0.3 is 0 Å². The Kier molecular flexibility index (Phi) is 5.37. The molecule has 2 aromatic heterocycles. The number of nitrogens with zero attached hydrogens (tertiary/aromatic N) is 5. The summed E-state index contributed by atoms with van der Waals surface area (Å²) in [6.07, 6.45) is 1.26. The van der Waals surface area contributed by atoms with E-state index >= 15 is 0 Å². The van der Waals surface area contributed by atoms with Crippen LogP contribution < -0.4 is 4.90 Å². The largest absolute Gasteiger partial charge is 0.451 e. The van der Waals surface area contributed by atoms with Crippen LogP contribution in [0.2, 0.25) is 0 Å². The average molecular weight is 409 g/mol. The zero-order valence-corrected chi connectivity index (χ0v) is 16.9. The number of anilines is 1. The van der Waals surface area contributed by atoms with Crippen LogP contribution in [0.4, 0.5) is 11.5 Å². The molecule has 0 radical (unpaired) electrons. The number of nitro groups is 1. The minimum absolute atomic E-state index is 0.0362. The smallest absolute Gasteiger partial charge is 0.290 e. The van der Waals surface area contributed by atoms with Crippen molar-refractivity contribution in [2.24, 2.45) is 0 Å². The van der Waals surface area contributed by atoms with Crippen molar-refractivity contribution in [3.8, 4) is 0 Å². The van der Waals surface area contributed by atoms with Crippen molar-refractivity contribution in [2.75, 3.05) is 45.2 Å². The lowest BCUT2D eigenvalue weighted by molar-refractivity contribution is -0.385. The van der Waals surface area contributed by atoms with Crippen molar-refractivity contribution in [3.05, 3.63) is 64.0 Å². The second kappa shape index (κ2) is 8.11. The Morgan fingerprint density at radius 3 is 2.53 bits per heavy atom. The second-order valence-electron chi connectivity index (χ2n) is 7.55. The number of carbonyl (C=O) groups is 1. The molecule has 9 nitrogen and oxygen atoms in total. The number of pyridine rings is 1. The second-order valence-corrected chi connectivity index (χ2v) is 7.55. The van der Waals surface area contributed by atoms with Crippen LogP contribution in [0, 0.1) is 10.1 Å². The Morgan fingerprint density at radius 1 is 1.17 bits per heavy atom. The van der Waals surface area contributed by atoms with Crippen LogP contribution in [0.25, 0.3) is 11.0 Å². The minimum Gasteiger partial charge on any atom is -0.451 e. The maximum atomic E-state index is 13.2. The van der Waals surface area contributed by atoms with Crippen molar-refractivity contribution in [3.63, 3.8) is 0 Å². The molecule has 0 spiro atoms. The topological polar surface area (TPSA) is 96.0 Å². The molecule has 0 bridgehead atoms. The lowest BCUT2D eigenvalue weighted by Crippen LogP contribution is -2.49. The van der Waals surface area contributed by atoms with Gasteiger partial charge in [-0.1, -0.05) is 18.2 Å². The van der Waals surface area contributed by atoms with Crippen molar-refractivity contribution >= 4 is 28.4 Å². The third-order valence-electron chi connectivity index (χ3n) is 5.20. The molecule has 0 N–H and O–H groups in total. The molecular formula is C21H23N5O4. The fraction of sp³-hybridized carbons (Fsp3) is 0.333. The Bertz CT molecular complexity index is 1070.